The van der Waals surface area contributed by atoms with Crippen LogP contribution >= 0.6 is 0 Å². The first kappa shape index (κ1) is 27.5. The van der Waals surface area contributed by atoms with Gasteiger partial charge in [-0.3, -0.25) is 0 Å². The molecule has 0 amide bonds. The van der Waals surface area contributed by atoms with Gasteiger partial charge >= 0.3 is 0 Å². The summed E-state index contributed by atoms with van der Waals surface area (Å²) >= 11 is 0. The van der Waals surface area contributed by atoms with Crippen LogP contribution in [0.1, 0.15) is 36.6 Å². The first-order valence-corrected chi connectivity index (χ1v) is 16.4. The fourth-order valence-electron chi connectivity index (χ4n) is 7.66. The van der Waals surface area contributed by atoms with E-state index in [4.69, 9.17) is 0 Å². The lowest BCUT2D eigenvalue weighted by molar-refractivity contribution is 0.630. The fraction of sp³-hybridized carbons (Fsp3) is 0.0909. The topological polar surface area (TPSA) is 20.2 Å². The summed E-state index contributed by atoms with van der Waals surface area (Å²) in [5.74, 6) is 0. The molecular formula is C44H35N3. The van der Waals surface area contributed by atoms with Gasteiger partial charge < -0.3 is 14.8 Å². The Morgan fingerprint density at radius 1 is 0.574 bits per heavy atom. The summed E-state index contributed by atoms with van der Waals surface area (Å²) in [4.78, 5) is 2.48. The molecule has 0 bridgehead atoms. The van der Waals surface area contributed by atoms with Gasteiger partial charge in [0.2, 0.25) is 0 Å². The molecule has 226 valence electrons. The van der Waals surface area contributed by atoms with Crippen molar-refractivity contribution in [1.82, 2.24) is 9.88 Å². The molecule has 0 aliphatic carbocycles. The second-order valence-electron chi connectivity index (χ2n) is 13.1. The van der Waals surface area contributed by atoms with Crippen molar-refractivity contribution in [3.8, 4) is 16.8 Å². The molecule has 3 heterocycles. The predicted octanol–water partition coefficient (Wildman–Crippen LogP) is 11.0. The maximum atomic E-state index is 3.62. The molecule has 1 unspecified atom stereocenters. The highest BCUT2D eigenvalue weighted by atomic mass is 15.2. The Bertz CT molecular complexity index is 2340. The molecule has 0 saturated heterocycles. The Morgan fingerprint density at radius 2 is 1.26 bits per heavy atom. The third kappa shape index (κ3) is 4.34. The van der Waals surface area contributed by atoms with Crippen LogP contribution in [0.2, 0.25) is 0 Å². The summed E-state index contributed by atoms with van der Waals surface area (Å²) in [6, 6.07) is 52.9. The zero-order valence-corrected chi connectivity index (χ0v) is 26.6. The van der Waals surface area contributed by atoms with Gasteiger partial charge in [0, 0.05) is 27.6 Å². The van der Waals surface area contributed by atoms with E-state index < -0.39 is 0 Å². The third-order valence-corrected chi connectivity index (χ3v) is 10.0. The summed E-state index contributed by atoms with van der Waals surface area (Å²) in [7, 11) is 0. The van der Waals surface area contributed by atoms with Gasteiger partial charge in [0.25, 0.3) is 0 Å². The molecule has 0 radical (unpaired) electrons. The Hall–Kier alpha value is -5.80. The minimum atomic E-state index is -0.196. The van der Waals surface area contributed by atoms with E-state index in [9.17, 15) is 0 Å². The molecule has 0 fully saturated rings. The van der Waals surface area contributed by atoms with E-state index in [1.807, 2.05) is 0 Å². The lowest BCUT2D eigenvalue weighted by atomic mass is 9.73. The molecule has 2 aliphatic heterocycles. The Balaban J connectivity index is 1.23. The molecule has 3 heteroatoms. The molecular weight excluding hydrogens is 571 g/mol. The number of para-hydroxylation sites is 3. The second-order valence-corrected chi connectivity index (χ2v) is 13.1. The van der Waals surface area contributed by atoms with Gasteiger partial charge in [0.15, 0.2) is 0 Å². The summed E-state index contributed by atoms with van der Waals surface area (Å²) < 4.78 is 2.42. The van der Waals surface area contributed by atoms with Crippen molar-refractivity contribution in [2.45, 2.75) is 25.3 Å². The highest BCUT2D eigenvalue weighted by molar-refractivity contribution is 6.11. The normalized spacial score (nSPS) is 16.4. The summed E-state index contributed by atoms with van der Waals surface area (Å²) in [5, 5.41) is 6.14. The number of hydrogen-bond acceptors (Lipinski definition) is 2. The summed E-state index contributed by atoms with van der Waals surface area (Å²) in [6.07, 6.45) is 6.69. The van der Waals surface area contributed by atoms with E-state index in [2.05, 4.69) is 193 Å². The quantitative estimate of drug-likeness (QED) is 0.215. The van der Waals surface area contributed by atoms with Crippen molar-refractivity contribution in [3.63, 3.8) is 0 Å². The lowest BCUT2D eigenvalue weighted by Gasteiger charge is -2.43. The van der Waals surface area contributed by atoms with Gasteiger partial charge in [0.1, 0.15) is 0 Å². The van der Waals surface area contributed by atoms with Gasteiger partial charge in [-0.25, -0.2) is 0 Å². The number of nitrogens with zero attached hydrogens (tertiary/aromatic N) is 2. The smallest absolute Gasteiger partial charge is 0.0715 e. The SMILES string of the molecule is CC1(C)c2ccccc2N(C2=CC(c3ccc(-c4ccccc4)cc3)NC=C2)c2cc3c4ccccc4n(-c4ccccc4)c3cc21. The first-order chi connectivity index (χ1) is 23.1. The lowest BCUT2D eigenvalue weighted by Crippen LogP contribution is -2.33. The van der Waals surface area contributed by atoms with Gasteiger partial charge in [-0.1, -0.05) is 123 Å². The van der Waals surface area contributed by atoms with Gasteiger partial charge in [0.05, 0.1) is 28.5 Å². The number of benzene rings is 6. The Kier molecular flexibility index (Phi) is 6.23. The maximum absolute atomic E-state index is 3.62. The van der Waals surface area contributed by atoms with Gasteiger partial charge in [-0.05, 0) is 82.6 Å². The number of anilines is 2. The van der Waals surface area contributed by atoms with E-state index in [1.54, 1.807) is 0 Å². The molecule has 9 rings (SSSR count). The number of allylic oxidation sites excluding steroid dienone is 1. The van der Waals surface area contributed by atoms with Crippen LogP contribution in [0.5, 0.6) is 0 Å². The highest BCUT2D eigenvalue weighted by Crippen LogP contribution is 2.53. The van der Waals surface area contributed by atoms with Crippen LogP contribution in [0.15, 0.2) is 170 Å². The number of dihydropyridines is 1. The Labute approximate surface area is 275 Å². The number of fused-ring (bicyclic) bond motifs is 5. The molecule has 0 spiro atoms. The molecule has 0 saturated carbocycles. The largest absolute Gasteiger partial charge is 0.380 e. The second kappa shape index (κ2) is 10.6. The van der Waals surface area contributed by atoms with Crippen LogP contribution in [0.4, 0.5) is 11.4 Å². The molecule has 6 aromatic carbocycles. The zero-order chi connectivity index (χ0) is 31.5. The van der Waals surface area contributed by atoms with Gasteiger partial charge in [-0.15, -0.1) is 0 Å². The third-order valence-electron chi connectivity index (χ3n) is 10.0. The molecule has 47 heavy (non-hydrogen) atoms. The zero-order valence-electron chi connectivity index (χ0n) is 26.6. The van der Waals surface area contributed by atoms with Crippen molar-refractivity contribution in [2.24, 2.45) is 0 Å². The van der Waals surface area contributed by atoms with E-state index in [-0.39, 0.29) is 11.5 Å². The Morgan fingerprint density at radius 3 is 2.06 bits per heavy atom. The number of nitrogens with one attached hydrogen (secondary N) is 1. The summed E-state index contributed by atoms with van der Waals surface area (Å²) in [6.45, 7) is 4.74. The van der Waals surface area contributed by atoms with E-state index in [0.717, 1.165) is 5.70 Å². The van der Waals surface area contributed by atoms with Crippen molar-refractivity contribution in [1.29, 1.82) is 0 Å². The number of rotatable bonds is 4. The van der Waals surface area contributed by atoms with Crippen LogP contribution in [-0.2, 0) is 5.41 Å². The average Bonchev–Trinajstić information content (AvgIpc) is 3.46. The number of hydrogen-bond donors (Lipinski definition) is 1. The van der Waals surface area contributed by atoms with Crippen molar-refractivity contribution in [3.05, 3.63) is 186 Å². The van der Waals surface area contributed by atoms with Crippen LogP contribution in [0, 0.1) is 0 Å². The van der Waals surface area contributed by atoms with Crippen LogP contribution in [-0.4, -0.2) is 4.57 Å². The molecule has 3 nitrogen and oxygen atoms in total. The standard InChI is InChI=1S/C44H35N3/c1-44(2)37-18-10-12-20-41(37)47(34-25-26-45-39(27-34)32-23-21-31(22-24-32)30-13-5-3-6-14-30)43-28-36-35-17-9-11-19-40(35)46(42(36)29-38(43)44)33-15-7-4-8-16-33/h3-29,39,45H,1-2H3. The molecule has 2 aliphatic rings. The summed E-state index contributed by atoms with van der Waals surface area (Å²) in [5.41, 5.74) is 13.4. The number of aromatic nitrogens is 1. The van der Waals surface area contributed by atoms with Gasteiger partial charge in [-0.2, -0.15) is 0 Å². The van der Waals surface area contributed by atoms with Crippen molar-refractivity contribution >= 4 is 33.2 Å². The molecule has 1 N–H and O–H groups in total. The van der Waals surface area contributed by atoms with Crippen LogP contribution in [0.25, 0.3) is 38.6 Å². The van der Waals surface area contributed by atoms with Crippen molar-refractivity contribution < 1.29 is 0 Å². The predicted molar refractivity (Wildman–Crippen MR) is 196 cm³/mol. The van der Waals surface area contributed by atoms with Crippen molar-refractivity contribution in [2.75, 3.05) is 4.90 Å². The fourth-order valence-corrected chi connectivity index (χ4v) is 7.66. The first-order valence-electron chi connectivity index (χ1n) is 16.4. The minimum absolute atomic E-state index is 0.0501. The van der Waals surface area contributed by atoms with E-state index in [0.29, 0.717) is 0 Å². The highest BCUT2D eigenvalue weighted by Gasteiger charge is 2.38. The van der Waals surface area contributed by atoms with E-state index in [1.165, 1.54) is 66.7 Å². The molecule has 1 atom stereocenters. The minimum Gasteiger partial charge on any atom is -0.380 e. The monoisotopic (exact) mass is 605 g/mol. The van der Waals surface area contributed by atoms with E-state index >= 15 is 0 Å². The average molecular weight is 606 g/mol. The maximum Gasteiger partial charge on any atom is 0.0715 e. The molecule has 1 aromatic heterocycles. The molecule has 7 aromatic rings. The van der Waals surface area contributed by atoms with Crippen LogP contribution in [0.3, 0.4) is 0 Å². The van der Waals surface area contributed by atoms with Crippen LogP contribution < -0.4 is 10.2 Å².